The van der Waals surface area contributed by atoms with Crippen molar-refractivity contribution in [2.75, 3.05) is 27.8 Å². The first-order valence-corrected chi connectivity index (χ1v) is 11.3. The highest BCUT2D eigenvalue weighted by atomic mass is 32.2. The van der Waals surface area contributed by atoms with Crippen molar-refractivity contribution in [2.45, 2.75) is 18.5 Å². The minimum atomic E-state index is -0.712. The fourth-order valence-electron chi connectivity index (χ4n) is 3.49. The van der Waals surface area contributed by atoms with Gasteiger partial charge in [0, 0.05) is 24.7 Å². The van der Waals surface area contributed by atoms with E-state index in [0.29, 0.717) is 6.54 Å². The fourth-order valence-corrected chi connectivity index (χ4v) is 4.22. The molecule has 0 bridgehead atoms. The van der Waals surface area contributed by atoms with Crippen LogP contribution in [0.25, 0.3) is 0 Å². The van der Waals surface area contributed by atoms with Crippen LogP contribution in [0.5, 0.6) is 0 Å². The summed E-state index contributed by atoms with van der Waals surface area (Å²) in [6, 6.07) is 12.4. The second-order valence-corrected chi connectivity index (χ2v) is 8.41. The van der Waals surface area contributed by atoms with Crippen molar-refractivity contribution in [3.63, 3.8) is 0 Å². The predicted octanol–water partition coefficient (Wildman–Crippen LogP) is 2.80. The lowest BCUT2D eigenvalue weighted by atomic mass is 10.2. The number of aromatic nitrogens is 2. The summed E-state index contributed by atoms with van der Waals surface area (Å²) in [5.74, 6) is -1.99. The molecule has 34 heavy (non-hydrogen) atoms. The van der Waals surface area contributed by atoms with Crippen molar-refractivity contribution in [3.8, 4) is 0 Å². The number of nitrogens with zero attached hydrogens (tertiary/aromatic N) is 2. The molecule has 11 heteroatoms. The number of fused-ring (bicyclic) bond motifs is 1. The molecule has 174 valence electrons. The maximum Gasteiger partial charge on any atom is 0.277 e. The van der Waals surface area contributed by atoms with Crippen molar-refractivity contribution in [2.24, 2.45) is 0 Å². The van der Waals surface area contributed by atoms with E-state index in [-0.39, 0.29) is 33.9 Å². The Kier molecular flexibility index (Phi) is 6.73. The number of amides is 3. The molecule has 0 radical (unpaired) electrons. The van der Waals surface area contributed by atoms with Crippen LogP contribution in [0.15, 0.2) is 58.5 Å². The van der Waals surface area contributed by atoms with E-state index in [2.05, 4.69) is 20.6 Å². The summed E-state index contributed by atoms with van der Waals surface area (Å²) in [6.07, 6.45) is 0.775. The quantitative estimate of drug-likeness (QED) is 0.367. The second kappa shape index (κ2) is 9.87. The van der Waals surface area contributed by atoms with Gasteiger partial charge in [-0.15, -0.1) is 0 Å². The Morgan fingerprint density at radius 3 is 2.59 bits per heavy atom. The molecule has 2 heterocycles. The summed E-state index contributed by atoms with van der Waals surface area (Å²) in [4.78, 5) is 58.0. The number of hydrogen-bond donors (Lipinski definition) is 3. The average molecular weight is 482 g/mol. The van der Waals surface area contributed by atoms with Crippen LogP contribution in [-0.2, 0) is 16.0 Å². The van der Waals surface area contributed by atoms with E-state index in [1.165, 1.54) is 19.1 Å². The van der Waals surface area contributed by atoms with Gasteiger partial charge < -0.3 is 15.5 Å². The molecule has 3 amide bonds. The molecule has 0 spiro atoms. The first-order chi connectivity index (χ1) is 16.3. The van der Waals surface area contributed by atoms with Crippen molar-refractivity contribution < 1.29 is 18.8 Å². The van der Waals surface area contributed by atoms with Gasteiger partial charge in [-0.25, -0.2) is 9.37 Å². The van der Waals surface area contributed by atoms with Gasteiger partial charge in [-0.2, -0.15) is 0 Å². The van der Waals surface area contributed by atoms with Crippen molar-refractivity contribution in [3.05, 3.63) is 75.8 Å². The van der Waals surface area contributed by atoms with Crippen LogP contribution in [-0.4, -0.2) is 40.0 Å². The maximum absolute atomic E-state index is 13.1. The van der Waals surface area contributed by atoms with Gasteiger partial charge in [0.1, 0.15) is 5.82 Å². The first kappa shape index (κ1) is 23.2. The molecule has 0 unspecified atom stereocenters. The zero-order valence-electron chi connectivity index (χ0n) is 18.1. The topological polar surface area (TPSA) is 124 Å². The van der Waals surface area contributed by atoms with Gasteiger partial charge >= 0.3 is 0 Å². The van der Waals surface area contributed by atoms with Gasteiger partial charge in [-0.05, 0) is 42.3 Å². The monoisotopic (exact) mass is 481 g/mol. The third-order valence-electron chi connectivity index (χ3n) is 5.06. The Labute approximate surface area is 197 Å². The number of H-pyrrole nitrogens is 1. The summed E-state index contributed by atoms with van der Waals surface area (Å²) < 4.78 is 13.1. The molecule has 1 aliphatic rings. The fraction of sp³-hybridized carbons (Fsp3) is 0.174. The molecule has 1 aromatic heterocycles. The predicted molar refractivity (Wildman–Crippen MR) is 127 cm³/mol. The van der Waals surface area contributed by atoms with Crippen LogP contribution in [0, 0.1) is 5.82 Å². The molecule has 0 saturated carbocycles. The number of halogens is 1. The van der Waals surface area contributed by atoms with Crippen LogP contribution < -0.4 is 21.1 Å². The van der Waals surface area contributed by atoms with Crippen LogP contribution in [0.3, 0.4) is 0 Å². The number of para-hydroxylation sites is 1. The van der Waals surface area contributed by atoms with Gasteiger partial charge in [-0.3, -0.25) is 24.2 Å². The van der Waals surface area contributed by atoms with Gasteiger partial charge in [0.2, 0.25) is 11.8 Å². The van der Waals surface area contributed by atoms with Gasteiger partial charge in [0.05, 0.1) is 5.75 Å². The Balaban J connectivity index is 1.51. The third kappa shape index (κ3) is 5.15. The number of rotatable bonds is 6. The van der Waals surface area contributed by atoms with Gasteiger partial charge in [-0.1, -0.05) is 30.0 Å². The number of benzene rings is 2. The Hall–Kier alpha value is -3.99. The van der Waals surface area contributed by atoms with Crippen LogP contribution in [0.4, 0.5) is 21.6 Å². The normalized spacial score (nSPS) is 12.2. The number of carbonyl (C=O) groups excluding carboxylic acids is 3. The van der Waals surface area contributed by atoms with E-state index >= 15 is 0 Å². The Bertz CT molecular complexity index is 1330. The highest BCUT2D eigenvalue weighted by Gasteiger charge is 2.24. The summed E-state index contributed by atoms with van der Waals surface area (Å²) in [6.45, 7) is 1.81. The summed E-state index contributed by atoms with van der Waals surface area (Å²) in [5, 5.41) is 4.93. The Morgan fingerprint density at radius 1 is 1.12 bits per heavy atom. The van der Waals surface area contributed by atoms with E-state index in [4.69, 9.17) is 0 Å². The van der Waals surface area contributed by atoms with E-state index in [0.717, 1.165) is 41.6 Å². The summed E-state index contributed by atoms with van der Waals surface area (Å²) in [5.41, 5.74) is 1.10. The Morgan fingerprint density at radius 2 is 1.85 bits per heavy atom. The molecule has 9 nitrogen and oxygen atoms in total. The van der Waals surface area contributed by atoms with Crippen LogP contribution >= 0.6 is 11.8 Å². The highest BCUT2D eigenvalue weighted by Crippen LogP contribution is 2.28. The molecular weight excluding hydrogens is 461 g/mol. The van der Waals surface area contributed by atoms with E-state index in [9.17, 15) is 23.6 Å². The lowest BCUT2D eigenvalue weighted by molar-refractivity contribution is -0.116. The van der Waals surface area contributed by atoms with E-state index < -0.39 is 23.2 Å². The molecule has 2 aromatic carbocycles. The number of hydrogen-bond acceptors (Lipinski definition) is 6. The lowest BCUT2D eigenvalue weighted by Gasteiger charge is -2.17. The minimum absolute atomic E-state index is 0.0120. The molecule has 4 rings (SSSR count). The smallest absolute Gasteiger partial charge is 0.277 e. The van der Waals surface area contributed by atoms with Crippen molar-refractivity contribution in [1.82, 2.24) is 9.97 Å². The molecule has 3 aromatic rings. The average Bonchev–Trinajstić information content (AvgIpc) is 3.24. The summed E-state index contributed by atoms with van der Waals surface area (Å²) >= 11 is 1.01. The van der Waals surface area contributed by atoms with Gasteiger partial charge in [0.15, 0.2) is 16.7 Å². The number of anilines is 3. The van der Waals surface area contributed by atoms with Crippen LogP contribution in [0.1, 0.15) is 22.8 Å². The standard InChI is InChI=1S/C23H20FN5O4S/c1-13(30)25-20-19(26-21(32)15-6-8-16(24)9-7-15)22(33)28-23(27-20)34-12-18(31)29-11-10-14-4-2-3-5-17(14)29/h2-9H,10-12H2,1H3,(H,26,32)(H2,25,27,28,30,33). The molecule has 0 saturated heterocycles. The molecule has 0 aliphatic carbocycles. The number of aromatic amines is 1. The number of carbonyl (C=O) groups is 3. The van der Waals surface area contributed by atoms with Crippen molar-refractivity contribution >= 4 is 46.7 Å². The van der Waals surface area contributed by atoms with Gasteiger partial charge in [0.25, 0.3) is 11.5 Å². The minimum Gasteiger partial charge on any atom is -0.314 e. The largest absolute Gasteiger partial charge is 0.314 e. The molecule has 0 atom stereocenters. The maximum atomic E-state index is 13.1. The van der Waals surface area contributed by atoms with Crippen molar-refractivity contribution in [1.29, 1.82) is 0 Å². The summed E-state index contributed by atoms with van der Waals surface area (Å²) in [7, 11) is 0. The molecule has 3 N–H and O–H groups in total. The first-order valence-electron chi connectivity index (χ1n) is 10.3. The second-order valence-electron chi connectivity index (χ2n) is 7.45. The number of nitrogens with one attached hydrogen (secondary N) is 3. The van der Waals surface area contributed by atoms with Crippen LogP contribution in [0.2, 0.25) is 0 Å². The highest BCUT2D eigenvalue weighted by molar-refractivity contribution is 7.99. The van der Waals surface area contributed by atoms with E-state index in [1.807, 2.05) is 24.3 Å². The SMILES string of the molecule is CC(=O)Nc1nc(SCC(=O)N2CCc3ccccc32)[nH]c(=O)c1NC(=O)c1ccc(F)cc1. The third-order valence-corrected chi connectivity index (χ3v) is 5.92. The number of thioether (sulfide) groups is 1. The zero-order chi connectivity index (χ0) is 24.2. The zero-order valence-corrected chi connectivity index (χ0v) is 18.9. The lowest BCUT2D eigenvalue weighted by Crippen LogP contribution is -2.30. The van der Waals surface area contributed by atoms with E-state index in [1.54, 1.807) is 4.90 Å². The molecular formula is C23H20FN5O4S. The molecule has 0 fully saturated rings. The molecule has 1 aliphatic heterocycles.